The molecule has 2 aromatic rings. The Morgan fingerprint density at radius 2 is 2.04 bits per heavy atom. The van der Waals surface area contributed by atoms with Crippen molar-refractivity contribution in [2.24, 2.45) is 11.8 Å². The minimum Gasteiger partial charge on any atom is -0.476 e. The van der Waals surface area contributed by atoms with Crippen LogP contribution in [-0.4, -0.2) is 56.2 Å². The number of hydrogen-bond acceptors (Lipinski definition) is 5. The summed E-state index contributed by atoms with van der Waals surface area (Å²) in [5.41, 5.74) is 0.708. The lowest BCUT2D eigenvalue weighted by atomic mass is 9.80. The Hall–Kier alpha value is -2.32. The molecule has 9 heteroatoms. The maximum absolute atomic E-state index is 13.0. The van der Waals surface area contributed by atoms with Crippen molar-refractivity contribution in [1.29, 1.82) is 0 Å². The molecule has 3 aliphatic rings. The van der Waals surface area contributed by atoms with Crippen LogP contribution >= 0.6 is 0 Å². The minimum absolute atomic E-state index is 0.137. The van der Waals surface area contributed by atoms with Gasteiger partial charge in [0.15, 0.2) is 11.5 Å². The molecule has 7 nitrogen and oxygen atoms in total. The van der Waals surface area contributed by atoms with Crippen molar-refractivity contribution in [2.45, 2.75) is 43.9 Å². The van der Waals surface area contributed by atoms with Crippen LogP contribution in [0.1, 0.15) is 43.8 Å². The van der Waals surface area contributed by atoms with E-state index in [0.717, 1.165) is 25.1 Å². The molecule has 2 saturated carbocycles. The number of alkyl halides is 2. The van der Waals surface area contributed by atoms with E-state index < -0.39 is 11.8 Å². The number of aromatic nitrogens is 4. The van der Waals surface area contributed by atoms with Gasteiger partial charge in [0.1, 0.15) is 0 Å². The van der Waals surface area contributed by atoms with Gasteiger partial charge < -0.3 is 9.64 Å². The molecule has 1 saturated heterocycles. The largest absolute Gasteiger partial charge is 0.476 e. The fourth-order valence-corrected chi connectivity index (χ4v) is 3.93. The van der Waals surface area contributed by atoms with E-state index in [1.807, 2.05) is 6.07 Å². The molecule has 0 radical (unpaired) electrons. The number of ether oxygens (including phenoxy) is 1. The molecule has 1 atom stereocenters. The number of carbonyl (C=O) groups is 1. The zero-order chi connectivity index (χ0) is 18.6. The lowest BCUT2D eigenvalue weighted by molar-refractivity contribution is -0.159. The van der Waals surface area contributed by atoms with Crippen LogP contribution in [0.3, 0.4) is 0 Å². The van der Waals surface area contributed by atoms with Gasteiger partial charge in [-0.3, -0.25) is 4.79 Å². The molecular weight excluding hydrogens is 356 g/mol. The van der Waals surface area contributed by atoms with Crippen LogP contribution in [0.5, 0.6) is 5.88 Å². The SMILES string of the molecule is O=C(C1CC(F)(F)C1)N1CCC(COc2ccc3nnc(C4CC4)n3n2)C1. The number of fused-ring (bicyclic) bond motifs is 1. The first-order valence-electron chi connectivity index (χ1n) is 9.50. The van der Waals surface area contributed by atoms with Crippen molar-refractivity contribution in [3.8, 4) is 5.88 Å². The molecule has 1 amide bonds. The molecule has 1 unspecified atom stereocenters. The van der Waals surface area contributed by atoms with Crippen molar-refractivity contribution < 1.29 is 18.3 Å². The number of amides is 1. The van der Waals surface area contributed by atoms with Gasteiger partial charge in [0, 0.05) is 49.8 Å². The molecular formula is C18H21F2N5O2. The van der Waals surface area contributed by atoms with Gasteiger partial charge in [0.05, 0.1) is 6.61 Å². The second-order valence-electron chi connectivity index (χ2n) is 7.99. The molecule has 144 valence electrons. The Bertz CT molecular complexity index is 874. The van der Waals surface area contributed by atoms with Crippen LogP contribution < -0.4 is 4.74 Å². The molecule has 0 spiro atoms. The van der Waals surface area contributed by atoms with E-state index in [4.69, 9.17) is 4.74 Å². The fourth-order valence-electron chi connectivity index (χ4n) is 3.93. The van der Waals surface area contributed by atoms with E-state index in [0.29, 0.717) is 37.1 Å². The van der Waals surface area contributed by atoms with E-state index in [2.05, 4.69) is 15.3 Å². The molecule has 0 N–H and O–H groups in total. The number of carbonyl (C=O) groups excluding carboxylic acids is 1. The number of rotatable bonds is 5. The lowest BCUT2D eigenvalue weighted by Gasteiger charge is -2.36. The summed E-state index contributed by atoms with van der Waals surface area (Å²) in [6.45, 7) is 1.62. The van der Waals surface area contributed by atoms with Crippen LogP contribution in [0.25, 0.3) is 5.65 Å². The third-order valence-electron chi connectivity index (χ3n) is 5.71. The quantitative estimate of drug-likeness (QED) is 0.799. The predicted molar refractivity (Wildman–Crippen MR) is 90.6 cm³/mol. The van der Waals surface area contributed by atoms with Crippen molar-refractivity contribution in [2.75, 3.05) is 19.7 Å². The number of nitrogens with zero attached hydrogens (tertiary/aromatic N) is 5. The molecule has 2 aromatic heterocycles. The predicted octanol–water partition coefficient (Wildman–Crippen LogP) is 2.27. The standard InChI is InChI=1S/C18H21F2N5O2/c19-18(20)7-13(8-18)17(26)24-6-5-11(9-24)10-27-15-4-3-14-21-22-16(12-1-2-12)25(14)23-15/h3-4,11-13H,1-2,5-10H2. The van der Waals surface area contributed by atoms with E-state index in [1.54, 1.807) is 15.5 Å². The summed E-state index contributed by atoms with van der Waals surface area (Å²) in [6, 6.07) is 3.61. The summed E-state index contributed by atoms with van der Waals surface area (Å²) in [5.74, 6) is -1.29. The average molecular weight is 377 g/mol. The summed E-state index contributed by atoms with van der Waals surface area (Å²) in [6.07, 6.45) is 2.43. The first-order chi connectivity index (χ1) is 13.0. The van der Waals surface area contributed by atoms with Gasteiger partial charge in [-0.25, -0.2) is 8.78 Å². The van der Waals surface area contributed by atoms with Gasteiger partial charge in [0.2, 0.25) is 17.7 Å². The number of halogens is 2. The Morgan fingerprint density at radius 3 is 2.78 bits per heavy atom. The average Bonchev–Trinajstić information content (AvgIpc) is 3.21. The minimum atomic E-state index is -2.66. The molecule has 0 bridgehead atoms. The highest BCUT2D eigenvalue weighted by Crippen LogP contribution is 2.43. The number of hydrogen-bond donors (Lipinski definition) is 0. The first-order valence-corrected chi connectivity index (χ1v) is 9.50. The topological polar surface area (TPSA) is 72.6 Å². The van der Waals surface area contributed by atoms with E-state index in [1.165, 1.54) is 0 Å². The van der Waals surface area contributed by atoms with Crippen LogP contribution in [0.15, 0.2) is 12.1 Å². The van der Waals surface area contributed by atoms with Crippen molar-refractivity contribution in [3.63, 3.8) is 0 Å². The molecule has 0 aromatic carbocycles. The Labute approximate surface area is 154 Å². The van der Waals surface area contributed by atoms with Crippen LogP contribution in [0, 0.1) is 11.8 Å². The molecule has 27 heavy (non-hydrogen) atoms. The third kappa shape index (κ3) is 3.23. The second-order valence-corrected chi connectivity index (χ2v) is 7.99. The normalized spacial score (nSPS) is 25.0. The van der Waals surface area contributed by atoms with Gasteiger partial charge in [-0.2, -0.15) is 4.52 Å². The summed E-state index contributed by atoms with van der Waals surface area (Å²) >= 11 is 0. The van der Waals surface area contributed by atoms with Crippen molar-refractivity contribution >= 4 is 11.6 Å². The van der Waals surface area contributed by atoms with E-state index >= 15 is 0 Å². The monoisotopic (exact) mass is 377 g/mol. The van der Waals surface area contributed by atoms with Gasteiger partial charge in [0.25, 0.3) is 0 Å². The fraction of sp³-hybridized carbons (Fsp3) is 0.667. The van der Waals surface area contributed by atoms with Crippen molar-refractivity contribution in [3.05, 3.63) is 18.0 Å². The number of likely N-dealkylation sites (tertiary alicyclic amines) is 1. The third-order valence-corrected chi connectivity index (χ3v) is 5.71. The smallest absolute Gasteiger partial charge is 0.249 e. The zero-order valence-electron chi connectivity index (χ0n) is 14.9. The molecule has 2 aliphatic carbocycles. The van der Waals surface area contributed by atoms with Crippen LogP contribution in [0.4, 0.5) is 8.78 Å². The Kier molecular flexibility index (Phi) is 3.80. The summed E-state index contributed by atoms with van der Waals surface area (Å²) in [5, 5.41) is 12.8. The molecule has 3 heterocycles. The van der Waals surface area contributed by atoms with Gasteiger partial charge in [-0.15, -0.1) is 15.3 Å². The summed E-state index contributed by atoms with van der Waals surface area (Å²) in [7, 11) is 0. The van der Waals surface area contributed by atoms with Gasteiger partial charge in [-0.05, 0) is 25.3 Å². The van der Waals surface area contributed by atoms with E-state index in [-0.39, 0.29) is 24.7 Å². The van der Waals surface area contributed by atoms with Crippen LogP contribution in [0.2, 0.25) is 0 Å². The molecule has 1 aliphatic heterocycles. The Balaban J connectivity index is 1.17. The summed E-state index contributed by atoms with van der Waals surface area (Å²) < 4.78 is 33.5. The Morgan fingerprint density at radius 1 is 1.22 bits per heavy atom. The highest BCUT2D eigenvalue weighted by molar-refractivity contribution is 5.80. The zero-order valence-corrected chi connectivity index (χ0v) is 14.9. The second kappa shape index (κ2) is 6.10. The van der Waals surface area contributed by atoms with Crippen molar-refractivity contribution in [1.82, 2.24) is 24.7 Å². The maximum Gasteiger partial charge on any atom is 0.249 e. The van der Waals surface area contributed by atoms with Gasteiger partial charge >= 0.3 is 0 Å². The highest BCUT2D eigenvalue weighted by atomic mass is 19.3. The molecule has 3 fully saturated rings. The lowest BCUT2D eigenvalue weighted by Crippen LogP contribution is -2.46. The van der Waals surface area contributed by atoms with E-state index in [9.17, 15) is 13.6 Å². The van der Waals surface area contributed by atoms with Crippen LogP contribution in [-0.2, 0) is 4.79 Å². The highest BCUT2D eigenvalue weighted by Gasteiger charge is 2.50. The molecule has 5 rings (SSSR count). The maximum atomic E-state index is 13.0. The first kappa shape index (κ1) is 16.8. The van der Waals surface area contributed by atoms with Gasteiger partial charge in [-0.1, -0.05) is 0 Å². The summed E-state index contributed by atoms with van der Waals surface area (Å²) in [4.78, 5) is 14.0.